The van der Waals surface area contributed by atoms with E-state index in [1.165, 1.54) is 23.5 Å². The molecule has 138 valence electrons. The first-order valence-corrected chi connectivity index (χ1v) is 10.2. The van der Waals surface area contributed by atoms with Gasteiger partial charge in [-0.3, -0.25) is 4.79 Å². The Morgan fingerprint density at radius 2 is 1.73 bits per heavy atom. The average molecular weight is 413 g/mol. The first kappa shape index (κ1) is 19.2. The summed E-state index contributed by atoms with van der Waals surface area (Å²) < 4.78 is 25.6. The van der Waals surface area contributed by atoms with Crippen molar-refractivity contribution in [2.75, 3.05) is 12.4 Å². The summed E-state index contributed by atoms with van der Waals surface area (Å²) in [5, 5.41) is 2.69. The van der Waals surface area contributed by atoms with E-state index in [1.54, 1.807) is 12.1 Å². The Bertz CT molecular complexity index is 900. The zero-order valence-corrected chi connectivity index (χ0v) is 16.4. The summed E-state index contributed by atoms with van der Waals surface area (Å²) in [6.45, 7) is 0.275. The predicted molar refractivity (Wildman–Crippen MR) is 103 cm³/mol. The minimum Gasteiger partial charge on any atom is -0.326 e. The third-order valence-corrected chi connectivity index (χ3v) is 6.87. The molecule has 0 radical (unpaired) electrons. The van der Waals surface area contributed by atoms with Gasteiger partial charge in [-0.05, 0) is 36.2 Å². The molecule has 1 aliphatic rings. The van der Waals surface area contributed by atoms with Gasteiger partial charge in [0.2, 0.25) is 15.9 Å². The summed E-state index contributed by atoms with van der Waals surface area (Å²) in [7, 11) is -2.09. The standard InChI is InChI=1S/C18H18Cl2N2O3S/c1-22(12-13-5-3-2-4-6-13)26(24,25)15-9-7-14(8-10-15)21-17(23)16-11-18(16,19)20/h2-10,16H,11-12H2,1H3,(H,21,23). The maximum atomic E-state index is 12.7. The minimum atomic E-state index is -3.63. The van der Waals surface area contributed by atoms with Crippen molar-refractivity contribution < 1.29 is 13.2 Å². The fraction of sp³-hybridized carbons (Fsp3) is 0.278. The summed E-state index contributed by atoms with van der Waals surface area (Å²) in [6, 6.07) is 15.4. The van der Waals surface area contributed by atoms with Gasteiger partial charge in [-0.25, -0.2) is 8.42 Å². The Balaban J connectivity index is 1.68. The van der Waals surface area contributed by atoms with Crippen molar-refractivity contribution in [1.29, 1.82) is 0 Å². The molecule has 1 unspecified atom stereocenters. The Kier molecular flexibility index (Phi) is 5.30. The molecule has 0 aliphatic heterocycles. The van der Waals surface area contributed by atoms with Crippen molar-refractivity contribution in [3.05, 3.63) is 60.2 Å². The second kappa shape index (κ2) is 7.19. The monoisotopic (exact) mass is 412 g/mol. The molecular formula is C18H18Cl2N2O3S. The zero-order valence-electron chi connectivity index (χ0n) is 14.0. The Hall–Kier alpha value is -1.60. The lowest BCUT2D eigenvalue weighted by molar-refractivity contribution is -0.117. The molecule has 26 heavy (non-hydrogen) atoms. The van der Waals surface area contributed by atoms with Crippen molar-refractivity contribution in [2.24, 2.45) is 5.92 Å². The van der Waals surface area contributed by atoms with Crippen LogP contribution in [0.3, 0.4) is 0 Å². The van der Waals surface area contributed by atoms with Crippen molar-refractivity contribution in [1.82, 2.24) is 4.31 Å². The Morgan fingerprint density at radius 3 is 2.27 bits per heavy atom. The highest BCUT2D eigenvalue weighted by molar-refractivity contribution is 7.89. The molecule has 1 N–H and O–H groups in total. The molecular weight excluding hydrogens is 395 g/mol. The molecule has 0 spiro atoms. The molecule has 1 atom stereocenters. The van der Waals surface area contributed by atoms with Crippen LogP contribution < -0.4 is 5.32 Å². The van der Waals surface area contributed by atoms with Crippen LogP contribution in [0.2, 0.25) is 0 Å². The molecule has 8 heteroatoms. The number of hydrogen-bond donors (Lipinski definition) is 1. The van der Waals surface area contributed by atoms with Crippen molar-refractivity contribution >= 4 is 44.8 Å². The highest BCUT2D eigenvalue weighted by atomic mass is 35.5. The molecule has 0 aromatic heterocycles. The Labute approximate surface area is 163 Å². The van der Waals surface area contributed by atoms with Crippen LogP contribution in [0.5, 0.6) is 0 Å². The second-order valence-electron chi connectivity index (χ2n) is 6.28. The molecule has 0 bridgehead atoms. The van der Waals surface area contributed by atoms with E-state index in [9.17, 15) is 13.2 Å². The van der Waals surface area contributed by atoms with Gasteiger partial charge in [-0.15, -0.1) is 23.2 Å². The van der Waals surface area contributed by atoms with Crippen LogP contribution >= 0.6 is 23.2 Å². The van der Waals surface area contributed by atoms with E-state index in [1.807, 2.05) is 30.3 Å². The fourth-order valence-electron chi connectivity index (χ4n) is 2.54. The lowest BCUT2D eigenvalue weighted by atomic mass is 10.2. The number of benzene rings is 2. The van der Waals surface area contributed by atoms with Gasteiger partial charge in [-0.2, -0.15) is 4.31 Å². The molecule has 0 saturated heterocycles. The molecule has 3 rings (SSSR count). The van der Waals surface area contributed by atoms with Gasteiger partial charge in [0.05, 0.1) is 10.8 Å². The van der Waals surface area contributed by atoms with E-state index < -0.39 is 20.3 Å². The molecule has 5 nitrogen and oxygen atoms in total. The van der Waals surface area contributed by atoms with E-state index in [0.717, 1.165) is 5.56 Å². The van der Waals surface area contributed by atoms with Crippen LogP contribution in [0.25, 0.3) is 0 Å². The van der Waals surface area contributed by atoms with Crippen LogP contribution in [-0.4, -0.2) is 30.0 Å². The normalized spacial score (nSPS) is 18.5. The van der Waals surface area contributed by atoms with Gasteiger partial charge in [0.25, 0.3) is 0 Å². The van der Waals surface area contributed by atoms with E-state index in [-0.39, 0.29) is 17.3 Å². The number of nitrogens with zero attached hydrogens (tertiary/aromatic N) is 1. The highest BCUT2D eigenvalue weighted by Gasteiger charge is 2.56. The number of halogens is 2. The molecule has 1 fully saturated rings. The predicted octanol–water partition coefficient (Wildman–Crippen LogP) is 3.64. The van der Waals surface area contributed by atoms with Crippen molar-refractivity contribution in [2.45, 2.75) is 22.2 Å². The zero-order chi connectivity index (χ0) is 18.9. The summed E-state index contributed by atoms with van der Waals surface area (Å²) in [5.41, 5.74) is 1.40. The first-order valence-electron chi connectivity index (χ1n) is 7.99. The second-order valence-corrected chi connectivity index (χ2v) is 9.87. The maximum absolute atomic E-state index is 12.7. The van der Waals surface area contributed by atoms with Gasteiger partial charge in [0.1, 0.15) is 4.33 Å². The molecule has 1 amide bonds. The van der Waals surface area contributed by atoms with Crippen LogP contribution in [0.4, 0.5) is 5.69 Å². The lowest BCUT2D eigenvalue weighted by Crippen LogP contribution is -2.26. The Morgan fingerprint density at radius 1 is 1.15 bits per heavy atom. The number of amides is 1. The molecule has 1 aliphatic carbocycles. The number of nitrogens with one attached hydrogen (secondary N) is 1. The third-order valence-electron chi connectivity index (χ3n) is 4.22. The van der Waals surface area contributed by atoms with Crippen molar-refractivity contribution in [3.8, 4) is 0 Å². The van der Waals surface area contributed by atoms with E-state index in [2.05, 4.69) is 5.32 Å². The number of carbonyl (C=O) groups is 1. The van der Waals surface area contributed by atoms with E-state index >= 15 is 0 Å². The smallest absolute Gasteiger partial charge is 0.243 e. The lowest BCUT2D eigenvalue weighted by Gasteiger charge is -2.17. The molecule has 0 heterocycles. The maximum Gasteiger partial charge on any atom is 0.243 e. The summed E-state index contributed by atoms with van der Waals surface area (Å²) in [5.74, 6) is -0.710. The van der Waals surface area contributed by atoms with E-state index in [0.29, 0.717) is 12.1 Å². The number of hydrogen-bond acceptors (Lipinski definition) is 3. The number of rotatable bonds is 6. The summed E-state index contributed by atoms with van der Waals surface area (Å²) in [4.78, 5) is 12.1. The summed E-state index contributed by atoms with van der Waals surface area (Å²) >= 11 is 11.7. The number of alkyl halides is 2. The minimum absolute atomic E-state index is 0.157. The third kappa shape index (κ3) is 4.20. The van der Waals surface area contributed by atoms with Crippen LogP contribution in [0.15, 0.2) is 59.5 Å². The van der Waals surface area contributed by atoms with E-state index in [4.69, 9.17) is 23.2 Å². The number of anilines is 1. The van der Waals surface area contributed by atoms with Crippen LogP contribution in [0, 0.1) is 5.92 Å². The van der Waals surface area contributed by atoms with Gasteiger partial charge >= 0.3 is 0 Å². The largest absolute Gasteiger partial charge is 0.326 e. The first-order chi connectivity index (χ1) is 12.2. The SMILES string of the molecule is CN(Cc1ccccc1)S(=O)(=O)c1ccc(NC(=O)C2CC2(Cl)Cl)cc1. The summed E-state index contributed by atoms with van der Waals surface area (Å²) in [6.07, 6.45) is 0.415. The van der Waals surface area contributed by atoms with Gasteiger partial charge in [0.15, 0.2) is 0 Å². The van der Waals surface area contributed by atoms with Crippen LogP contribution in [0.1, 0.15) is 12.0 Å². The van der Waals surface area contributed by atoms with Gasteiger partial charge < -0.3 is 5.32 Å². The number of carbonyl (C=O) groups excluding carboxylic acids is 1. The van der Waals surface area contributed by atoms with Gasteiger partial charge in [-0.1, -0.05) is 30.3 Å². The molecule has 2 aromatic rings. The van der Waals surface area contributed by atoms with Crippen molar-refractivity contribution in [3.63, 3.8) is 0 Å². The van der Waals surface area contributed by atoms with Crippen LogP contribution in [-0.2, 0) is 21.4 Å². The molecule has 1 saturated carbocycles. The fourth-order valence-corrected chi connectivity index (χ4v) is 4.21. The van der Waals surface area contributed by atoms with Gasteiger partial charge in [0, 0.05) is 19.3 Å². The molecule has 2 aromatic carbocycles. The topological polar surface area (TPSA) is 66.5 Å². The quantitative estimate of drug-likeness (QED) is 0.736. The highest BCUT2D eigenvalue weighted by Crippen LogP contribution is 2.53. The average Bonchev–Trinajstić information content (AvgIpc) is 3.25. The number of sulfonamides is 1.